The molecule has 150 valence electrons. The lowest BCUT2D eigenvalue weighted by atomic mass is 10.1. The number of benzene rings is 1. The molecular formula is C19H23N3O5S. The molecule has 1 aliphatic rings. The van der Waals surface area contributed by atoms with Crippen LogP contribution in [0.4, 0.5) is 5.69 Å². The zero-order valence-electron chi connectivity index (χ0n) is 15.6. The molecule has 2 aromatic rings. The van der Waals surface area contributed by atoms with E-state index in [2.05, 4.69) is 9.71 Å². The second-order valence-electron chi connectivity index (χ2n) is 6.41. The molecule has 0 spiro atoms. The van der Waals surface area contributed by atoms with E-state index in [0.717, 1.165) is 12.0 Å². The van der Waals surface area contributed by atoms with E-state index < -0.39 is 22.2 Å². The summed E-state index contributed by atoms with van der Waals surface area (Å²) >= 11 is 0. The highest BCUT2D eigenvalue weighted by Gasteiger charge is 2.38. The molecule has 0 saturated carbocycles. The zero-order chi connectivity index (χ0) is 20.0. The molecule has 0 radical (unpaired) electrons. The summed E-state index contributed by atoms with van der Waals surface area (Å²) in [6.45, 7) is 0.365. The van der Waals surface area contributed by atoms with Gasteiger partial charge in [0.2, 0.25) is 5.88 Å². The maximum Gasteiger partial charge on any atom is 0.324 e. The molecular weight excluding hydrogens is 382 g/mol. The van der Waals surface area contributed by atoms with E-state index in [0.29, 0.717) is 24.4 Å². The maximum atomic E-state index is 12.8. The van der Waals surface area contributed by atoms with Crippen molar-refractivity contribution in [2.24, 2.45) is 0 Å². The molecule has 0 amide bonds. The topological polar surface area (TPSA) is 97.8 Å². The van der Waals surface area contributed by atoms with Gasteiger partial charge in [-0.25, -0.2) is 4.98 Å². The second kappa shape index (κ2) is 9.03. The van der Waals surface area contributed by atoms with Gasteiger partial charge >= 0.3 is 16.2 Å². The van der Waals surface area contributed by atoms with Crippen molar-refractivity contribution in [1.29, 1.82) is 0 Å². The van der Waals surface area contributed by atoms with E-state index in [1.54, 1.807) is 12.1 Å². The Balaban J connectivity index is 1.69. The summed E-state index contributed by atoms with van der Waals surface area (Å²) in [5.74, 6) is -0.162. The fourth-order valence-electron chi connectivity index (χ4n) is 3.02. The molecule has 0 aliphatic carbocycles. The summed E-state index contributed by atoms with van der Waals surface area (Å²) in [7, 11) is -2.45. The van der Waals surface area contributed by atoms with E-state index in [4.69, 9.17) is 9.47 Å². The van der Waals surface area contributed by atoms with Crippen LogP contribution in [0.15, 0.2) is 48.7 Å². The van der Waals surface area contributed by atoms with Gasteiger partial charge in [-0.1, -0.05) is 30.3 Å². The molecule has 1 N–H and O–H groups in total. The summed E-state index contributed by atoms with van der Waals surface area (Å²) in [6, 6.07) is 11.5. The number of ether oxygens (including phenoxy) is 2. The minimum Gasteiger partial charge on any atom is -0.481 e. The van der Waals surface area contributed by atoms with Gasteiger partial charge in [0.1, 0.15) is 12.6 Å². The lowest BCUT2D eigenvalue weighted by molar-refractivity contribution is -0.150. The summed E-state index contributed by atoms with van der Waals surface area (Å²) in [5.41, 5.74) is 1.14. The monoisotopic (exact) mass is 405 g/mol. The first-order chi connectivity index (χ1) is 13.5. The SMILES string of the molecule is COc1ccc(NS(=O)(=O)N2CCCC[C@H]2C(=O)OCc2ccccc2)cn1. The second-order valence-corrected chi connectivity index (χ2v) is 8.04. The summed E-state index contributed by atoms with van der Waals surface area (Å²) in [6.07, 6.45) is 3.24. The van der Waals surface area contributed by atoms with Crippen LogP contribution in [0.25, 0.3) is 0 Å². The number of nitrogens with zero attached hydrogens (tertiary/aromatic N) is 2. The number of nitrogens with one attached hydrogen (secondary N) is 1. The van der Waals surface area contributed by atoms with Gasteiger partial charge in [0.05, 0.1) is 19.0 Å². The molecule has 1 atom stereocenters. The highest BCUT2D eigenvalue weighted by Crippen LogP contribution is 2.24. The van der Waals surface area contributed by atoms with Crippen molar-refractivity contribution in [3.8, 4) is 5.88 Å². The molecule has 1 aromatic heterocycles. The molecule has 28 heavy (non-hydrogen) atoms. The lowest BCUT2D eigenvalue weighted by Gasteiger charge is -2.33. The van der Waals surface area contributed by atoms with Crippen LogP contribution in [0.1, 0.15) is 24.8 Å². The van der Waals surface area contributed by atoms with Crippen molar-refractivity contribution < 1.29 is 22.7 Å². The van der Waals surface area contributed by atoms with E-state index in [1.165, 1.54) is 17.6 Å². The van der Waals surface area contributed by atoms with Gasteiger partial charge in [0.25, 0.3) is 0 Å². The molecule has 9 heteroatoms. The number of carbonyl (C=O) groups excluding carboxylic acids is 1. The third-order valence-electron chi connectivity index (χ3n) is 4.45. The van der Waals surface area contributed by atoms with Crippen LogP contribution in [0.2, 0.25) is 0 Å². The van der Waals surface area contributed by atoms with Crippen LogP contribution in [0, 0.1) is 0 Å². The Hall–Kier alpha value is -2.65. The smallest absolute Gasteiger partial charge is 0.324 e. The van der Waals surface area contributed by atoms with Crippen LogP contribution in [-0.4, -0.2) is 43.4 Å². The molecule has 0 bridgehead atoms. The standard InChI is InChI=1S/C19H23N3O5S/c1-26-18-11-10-16(13-20-18)21-28(24,25)22-12-6-5-9-17(22)19(23)27-14-15-7-3-2-4-8-15/h2-4,7-8,10-11,13,17,21H,5-6,9,12,14H2,1H3/t17-/m0/s1. The molecule has 1 fully saturated rings. The average Bonchev–Trinajstić information content (AvgIpc) is 2.73. The van der Waals surface area contributed by atoms with Gasteiger partial charge < -0.3 is 9.47 Å². The number of rotatable bonds is 7. The third kappa shape index (κ3) is 4.99. The first kappa shape index (κ1) is 20.1. The highest BCUT2D eigenvalue weighted by atomic mass is 32.2. The van der Waals surface area contributed by atoms with E-state index in [1.807, 2.05) is 30.3 Å². The maximum absolute atomic E-state index is 12.8. The largest absolute Gasteiger partial charge is 0.481 e. The van der Waals surface area contributed by atoms with Gasteiger partial charge in [-0.05, 0) is 30.9 Å². The number of methoxy groups -OCH3 is 1. The van der Waals surface area contributed by atoms with Crippen molar-refractivity contribution >= 4 is 21.9 Å². The summed E-state index contributed by atoms with van der Waals surface area (Å²) < 4.78 is 39.7. The van der Waals surface area contributed by atoms with Crippen LogP contribution < -0.4 is 9.46 Å². The fraction of sp³-hybridized carbons (Fsp3) is 0.368. The number of carbonyl (C=O) groups is 1. The number of hydrogen-bond acceptors (Lipinski definition) is 6. The van der Waals surface area contributed by atoms with Gasteiger partial charge in [-0.2, -0.15) is 12.7 Å². The number of hydrogen-bond donors (Lipinski definition) is 1. The Kier molecular flexibility index (Phi) is 6.48. The van der Waals surface area contributed by atoms with E-state index in [-0.39, 0.29) is 13.2 Å². The van der Waals surface area contributed by atoms with Crippen LogP contribution >= 0.6 is 0 Å². The van der Waals surface area contributed by atoms with E-state index in [9.17, 15) is 13.2 Å². The minimum absolute atomic E-state index is 0.111. The number of esters is 1. The highest BCUT2D eigenvalue weighted by molar-refractivity contribution is 7.90. The van der Waals surface area contributed by atoms with Crippen molar-refractivity contribution in [3.63, 3.8) is 0 Å². The van der Waals surface area contributed by atoms with E-state index >= 15 is 0 Å². The first-order valence-electron chi connectivity index (χ1n) is 9.00. The van der Waals surface area contributed by atoms with Crippen molar-refractivity contribution in [3.05, 3.63) is 54.2 Å². The Morgan fingerprint density at radius 1 is 1.21 bits per heavy atom. The molecule has 1 saturated heterocycles. The van der Waals surface area contributed by atoms with Gasteiger partial charge in [-0.3, -0.25) is 9.52 Å². The zero-order valence-corrected chi connectivity index (χ0v) is 16.4. The van der Waals surface area contributed by atoms with Crippen molar-refractivity contribution in [2.75, 3.05) is 18.4 Å². The predicted octanol–water partition coefficient (Wildman–Crippen LogP) is 2.34. The van der Waals surface area contributed by atoms with Gasteiger partial charge in [-0.15, -0.1) is 0 Å². The fourth-order valence-corrected chi connectivity index (χ4v) is 4.45. The molecule has 8 nitrogen and oxygen atoms in total. The van der Waals surface area contributed by atoms with Crippen LogP contribution in [-0.2, 0) is 26.3 Å². The summed E-state index contributed by atoms with van der Waals surface area (Å²) in [5, 5.41) is 0. The normalized spacial score (nSPS) is 17.7. The summed E-state index contributed by atoms with van der Waals surface area (Å²) in [4.78, 5) is 16.6. The average molecular weight is 405 g/mol. The van der Waals surface area contributed by atoms with Gasteiger partial charge in [0, 0.05) is 12.6 Å². The Morgan fingerprint density at radius 3 is 2.68 bits per heavy atom. The molecule has 0 unspecified atom stereocenters. The van der Waals surface area contributed by atoms with Crippen molar-refractivity contribution in [1.82, 2.24) is 9.29 Å². The number of anilines is 1. The Morgan fingerprint density at radius 2 is 2.00 bits per heavy atom. The Bertz CT molecular complexity index is 888. The Labute approximate surface area is 164 Å². The first-order valence-corrected chi connectivity index (χ1v) is 10.4. The lowest BCUT2D eigenvalue weighted by Crippen LogP contribution is -2.50. The van der Waals surface area contributed by atoms with Crippen molar-refractivity contribution in [2.45, 2.75) is 31.9 Å². The molecule has 1 aromatic carbocycles. The predicted molar refractivity (Wildman–Crippen MR) is 104 cm³/mol. The minimum atomic E-state index is -3.93. The number of aromatic nitrogens is 1. The molecule has 1 aliphatic heterocycles. The van der Waals surface area contributed by atoms with Crippen LogP contribution in [0.5, 0.6) is 5.88 Å². The van der Waals surface area contributed by atoms with Crippen LogP contribution in [0.3, 0.4) is 0 Å². The molecule has 3 rings (SSSR count). The quantitative estimate of drug-likeness (QED) is 0.710. The number of piperidine rings is 1. The third-order valence-corrected chi connectivity index (χ3v) is 6.00. The van der Waals surface area contributed by atoms with Gasteiger partial charge in [0.15, 0.2) is 0 Å². The molecule has 2 heterocycles. The number of pyridine rings is 1.